The third-order valence-corrected chi connectivity index (χ3v) is 3.06. The van der Waals surface area contributed by atoms with Gasteiger partial charge in [-0.15, -0.1) is 0 Å². The lowest BCUT2D eigenvalue weighted by Crippen LogP contribution is -2.42. The third-order valence-electron chi connectivity index (χ3n) is 3.06. The Morgan fingerprint density at radius 1 is 1.50 bits per heavy atom. The molecule has 0 radical (unpaired) electrons. The zero-order chi connectivity index (χ0) is 13.8. The molecule has 0 saturated heterocycles. The van der Waals surface area contributed by atoms with Crippen LogP contribution in [0.1, 0.15) is 31.7 Å². The quantitative estimate of drug-likeness (QED) is 0.742. The zero-order valence-electron chi connectivity index (χ0n) is 11.8. The Kier molecular flexibility index (Phi) is 4.90. The molecule has 1 aromatic heterocycles. The van der Waals surface area contributed by atoms with Crippen molar-refractivity contribution in [2.24, 2.45) is 11.1 Å². The monoisotopic (exact) mass is 252 g/mol. The van der Waals surface area contributed by atoms with Crippen LogP contribution >= 0.6 is 0 Å². The zero-order valence-corrected chi connectivity index (χ0v) is 11.8. The first kappa shape index (κ1) is 14.7. The Morgan fingerprint density at radius 3 is 2.67 bits per heavy atom. The Hall–Kier alpha value is -1.36. The van der Waals surface area contributed by atoms with Gasteiger partial charge in [-0.1, -0.05) is 0 Å². The van der Waals surface area contributed by atoms with E-state index in [1.54, 1.807) is 0 Å². The predicted molar refractivity (Wildman–Crippen MR) is 72.2 cm³/mol. The van der Waals surface area contributed by atoms with Crippen LogP contribution < -0.4 is 11.1 Å². The van der Waals surface area contributed by atoms with Crippen molar-refractivity contribution in [3.63, 3.8) is 0 Å². The van der Waals surface area contributed by atoms with Crippen LogP contribution in [0.3, 0.4) is 0 Å². The molecule has 0 aliphatic heterocycles. The van der Waals surface area contributed by atoms with Crippen molar-refractivity contribution in [3.8, 4) is 0 Å². The highest BCUT2D eigenvalue weighted by molar-refractivity contribution is 5.81. The molecule has 1 heterocycles. The highest BCUT2D eigenvalue weighted by Gasteiger charge is 2.24. The highest BCUT2D eigenvalue weighted by atomic mass is 16.2. The van der Waals surface area contributed by atoms with E-state index in [9.17, 15) is 4.79 Å². The summed E-state index contributed by atoms with van der Waals surface area (Å²) in [6, 6.07) is 2.05. The van der Waals surface area contributed by atoms with E-state index in [0.29, 0.717) is 13.1 Å². The van der Waals surface area contributed by atoms with Crippen LogP contribution in [0.15, 0.2) is 6.07 Å². The van der Waals surface area contributed by atoms with Gasteiger partial charge < -0.3 is 11.1 Å². The summed E-state index contributed by atoms with van der Waals surface area (Å²) in [7, 11) is 0. The minimum absolute atomic E-state index is 0.0124. The normalized spacial score (nSPS) is 11.6. The minimum Gasteiger partial charge on any atom is -0.356 e. The maximum absolute atomic E-state index is 11.8. The third kappa shape index (κ3) is 3.84. The lowest BCUT2D eigenvalue weighted by Gasteiger charge is -2.21. The smallest absolute Gasteiger partial charge is 0.226 e. The standard InChI is InChI=1S/C13H24N4O/c1-10-8-11(2)17(16-10)7-5-6-15-12(18)13(3,4)9-14/h8H,5-7,9,14H2,1-4H3,(H,15,18). The van der Waals surface area contributed by atoms with E-state index in [0.717, 1.165) is 24.4 Å². The Labute approximate surface area is 109 Å². The summed E-state index contributed by atoms with van der Waals surface area (Å²) in [6.45, 7) is 9.55. The molecule has 5 heteroatoms. The van der Waals surface area contributed by atoms with Gasteiger partial charge in [-0.05, 0) is 40.2 Å². The largest absolute Gasteiger partial charge is 0.356 e. The number of rotatable bonds is 6. The average Bonchev–Trinajstić information content (AvgIpc) is 2.63. The fourth-order valence-electron chi connectivity index (χ4n) is 1.66. The van der Waals surface area contributed by atoms with Gasteiger partial charge >= 0.3 is 0 Å². The second kappa shape index (κ2) is 6.00. The van der Waals surface area contributed by atoms with Gasteiger partial charge in [0.05, 0.1) is 11.1 Å². The van der Waals surface area contributed by atoms with Crippen molar-refractivity contribution in [2.75, 3.05) is 13.1 Å². The van der Waals surface area contributed by atoms with Gasteiger partial charge in [-0.3, -0.25) is 9.48 Å². The topological polar surface area (TPSA) is 72.9 Å². The van der Waals surface area contributed by atoms with Gasteiger partial charge in [-0.25, -0.2) is 0 Å². The number of aromatic nitrogens is 2. The molecule has 0 atom stereocenters. The van der Waals surface area contributed by atoms with E-state index in [1.807, 2.05) is 32.4 Å². The molecule has 1 amide bonds. The maximum atomic E-state index is 11.8. The van der Waals surface area contributed by atoms with E-state index in [1.165, 1.54) is 0 Å². The fourth-order valence-corrected chi connectivity index (χ4v) is 1.66. The van der Waals surface area contributed by atoms with E-state index >= 15 is 0 Å². The van der Waals surface area contributed by atoms with Gasteiger partial charge in [0.2, 0.25) is 5.91 Å². The second-order valence-corrected chi connectivity index (χ2v) is 5.35. The summed E-state index contributed by atoms with van der Waals surface area (Å²) < 4.78 is 1.97. The molecule has 18 heavy (non-hydrogen) atoms. The summed E-state index contributed by atoms with van der Waals surface area (Å²) in [5.74, 6) is 0.0124. The van der Waals surface area contributed by atoms with Crippen LogP contribution in [0, 0.1) is 19.3 Å². The van der Waals surface area contributed by atoms with Crippen molar-refractivity contribution >= 4 is 5.91 Å². The molecule has 5 nitrogen and oxygen atoms in total. The molecule has 1 aromatic rings. The number of nitrogens with zero attached hydrogens (tertiary/aromatic N) is 2. The van der Waals surface area contributed by atoms with Crippen molar-refractivity contribution in [3.05, 3.63) is 17.5 Å². The first-order chi connectivity index (χ1) is 8.36. The van der Waals surface area contributed by atoms with E-state index in [-0.39, 0.29) is 5.91 Å². The number of hydrogen-bond donors (Lipinski definition) is 2. The minimum atomic E-state index is -0.488. The van der Waals surface area contributed by atoms with Crippen LogP contribution in [0.5, 0.6) is 0 Å². The fraction of sp³-hybridized carbons (Fsp3) is 0.692. The lowest BCUT2D eigenvalue weighted by molar-refractivity contribution is -0.128. The molecule has 3 N–H and O–H groups in total. The first-order valence-electron chi connectivity index (χ1n) is 6.36. The summed E-state index contributed by atoms with van der Waals surface area (Å²) in [4.78, 5) is 11.8. The van der Waals surface area contributed by atoms with Crippen LogP contribution in [0.2, 0.25) is 0 Å². The molecular weight excluding hydrogens is 228 g/mol. The predicted octanol–water partition coefficient (Wildman–Crippen LogP) is 0.991. The van der Waals surface area contributed by atoms with E-state index in [2.05, 4.69) is 16.5 Å². The van der Waals surface area contributed by atoms with Gasteiger partial charge in [-0.2, -0.15) is 5.10 Å². The summed E-state index contributed by atoms with van der Waals surface area (Å²) in [5.41, 5.74) is 7.24. The summed E-state index contributed by atoms with van der Waals surface area (Å²) >= 11 is 0. The molecule has 0 aliphatic carbocycles. The van der Waals surface area contributed by atoms with Gasteiger partial charge in [0.25, 0.3) is 0 Å². The van der Waals surface area contributed by atoms with Crippen LogP contribution in [-0.4, -0.2) is 28.8 Å². The Bertz CT molecular complexity index is 409. The Morgan fingerprint density at radius 2 is 2.17 bits per heavy atom. The van der Waals surface area contributed by atoms with Crippen molar-refractivity contribution in [1.82, 2.24) is 15.1 Å². The number of amides is 1. The average molecular weight is 252 g/mol. The van der Waals surface area contributed by atoms with Crippen molar-refractivity contribution in [2.45, 2.75) is 40.7 Å². The summed E-state index contributed by atoms with van der Waals surface area (Å²) in [5, 5.41) is 7.29. The summed E-state index contributed by atoms with van der Waals surface area (Å²) in [6.07, 6.45) is 0.869. The molecule has 1 rings (SSSR count). The molecule has 0 bridgehead atoms. The number of nitrogens with two attached hydrogens (primary N) is 1. The van der Waals surface area contributed by atoms with Gasteiger partial charge in [0.1, 0.15) is 0 Å². The maximum Gasteiger partial charge on any atom is 0.226 e. The number of aryl methyl sites for hydroxylation is 3. The van der Waals surface area contributed by atoms with Crippen LogP contribution in [0.4, 0.5) is 0 Å². The Balaban J connectivity index is 2.31. The van der Waals surface area contributed by atoms with Gasteiger partial charge in [0.15, 0.2) is 0 Å². The number of hydrogen-bond acceptors (Lipinski definition) is 3. The SMILES string of the molecule is Cc1cc(C)n(CCCNC(=O)C(C)(C)CN)n1. The number of carbonyl (C=O) groups is 1. The van der Waals surface area contributed by atoms with Gasteiger partial charge in [0, 0.05) is 25.3 Å². The van der Waals surface area contributed by atoms with E-state index < -0.39 is 5.41 Å². The second-order valence-electron chi connectivity index (χ2n) is 5.35. The molecule has 0 saturated carbocycles. The molecule has 0 fully saturated rings. The number of carbonyl (C=O) groups excluding carboxylic acids is 1. The highest BCUT2D eigenvalue weighted by Crippen LogP contribution is 2.11. The molecule has 0 aromatic carbocycles. The van der Waals surface area contributed by atoms with Crippen LogP contribution in [0.25, 0.3) is 0 Å². The van der Waals surface area contributed by atoms with Crippen molar-refractivity contribution in [1.29, 1.82) is 0 Å². The molecule has 0 aliphatic rings. The molecule has 102 valence electrons. The lowest BCUT2D eigenvalue weighted by atomic mass is 9.93. The molecular formula is C13H24N4O. The van der Waals surface area contributed by atoms with Crippen LogP contribution in [-0.2, 0) is 11.3 Å². The number of nitrogens with one attached hydrogen (secondary N) is 1. The molecule has 0 unspecified atom stereocenters. The first-order valence-corrected chi connectivity index (χ1v) is 6.36. The molecule has 0 spiro atoms. The van der Waals surface area contributed by atoms with E-state index in [4.69, 9.17) is 5.73 Å². The van der Waals surface area contributed by atoms with Crippen molar-refractivity contribution < 1.29 is 4.79 Å².